The molecule has 594 valence electrons. The maximum atomic E-state index is 14.2. The van der Waals surface area contributed by atoms with Gasteiger partial charge < -0.3 is 57.6 Å². The van der Waals surface area contributed by atoms with Crippen molar-refractivity contribution in [3.63, 3.8) is 0 Å². The lowest BCUT2D eigenvalue weighted by atomic mass is 9.82. The Morgan fingerprint density at radius 2 is 0.858 bits per heavy atom. The fraction of sp³-hybridized carbons (Fsp3) is 0.400. The average Bonchev–Trinajstić information content (AvgIpc) is 1.46. The number of piperidine rings is 3. The van der Waals surface area contributed by atoms with Crippen LogP contribution < -0.4 is 45.5 Å². The molecule has 3 saturated heterocycles. The van der Waals surface area contributed by atoms with Crippen LogP contribution in [0.1, 0.15) is 92.2 Å². The number of carbonyl (C=O) groups is 1. The molecule has 0 radical (unpaired) electrons. The topological polar surface area (TPSA) is 248 Å². The van der Waals surface area contributed by atoms with E-state index in [1.807, 2.05) is 87.5 Å². The van der Waals surface area contributed by atoms with Gasteiger partial charge in [-0.05, 0) is 125 Å². The highest BCUT2D eigenvalue weighted by molar-refractivity contribution is 9.10. The van der Waals surface area contributed by atoms with Crippen LogP contribution >= 0.6 is 15.9 Å². The predicted octanol–water partition coefficient (Wildman–Crippen LogP) is 14.8. The summed E-state index contributed by atoms with van der Waals surface area (Å²) in [6, 6.07) is 43.2. The molecule has 113 heavy (non-hydrogen) atoms. The van der Waals surface area contributed by atoms with E-state index in [2.05, 4.69) is 130 Å². The van der Waals surface area contributed by atoms with Crippen molar-refractivity contribution in [2.24, 2.45) is 0 Å². The molecule has 0 spiro atoms. The minimum atomic E-state index is -1.46. The summed E-state index contributed by atoms with van der Waals surface area (Å²) < 4.78 is 37.2. The van der Waals surface area contributed by atoms with Crippen molar-refractivity contribution in [2.75, 3.05) is 88.5 Å². The number of aromatic nitrogens is 11. The first-order valence-electron chi connectivity index (χ1n) is 39.2. The standard InChI is InChI=1S/C30H39N5O3Si.C25H26N4O2.C24H33BrN4O2Si.C6H8BNO3/c1-22-26(24-14-15-25(37-2)31-20-24)30(36)35-29(34(22)21-38-18-19-39(3,4)5)28(33-16-10-7-11-17-33)27(32-35)23-12-8-6-9-13-23;1-17-15-20-24(28-13-7-4-8-14-28)23(18-9-5-3-6-10-18)27-29(20)25(30)22(17)19-11-12-21(31-2)26-16-19;1-18-20(25)24(30)29-23(28(18)17-31-15-16-32(2,3)4)22(27-13-9-6-10-14-27)21(26-29)19-11-7-5-8-12-19;1-11-6-3-2-5(4-8-6)7(9)10/h6,8-9,12-15,20H,7,10-11,16-19,21H2,1-5H3;3,5-6,9-12,16H,4,7-8,13-15H2,1-2H3;5,7-8,11-12H,6,9-10,13-17H2,1-4H3;2-4,9-10H,1H3. The Hall–Kier alpha value is -9.81. The first-order chi connectivity index (χ1) is 54.5. The van der Waals surface area contributed by atoms with E-state index in [9.17, 15) is 14.4 Å². The van der Waals surface area contributed by atoms with E-state index in [1.165, 1.54) is 51.5 Å². The Balaban J connectivity index is 0.000000148. The molecule has 12 heterocycles. The van der Waals surface area contributed by atoms with E-state index in [4.69, 9.17) is 49.0 Å². The highest BCUT2D eigenvalue weighted by Crippen LogP contribution is 2.43. The van der Waals surface area contributed by atoms with Crippen LogP contribution in [0.25, 0.3) is 61.8 Å². The lowest BCUT2D eigenvalue weighted by molar-refractivity contribution is 0.0874. The van der Waals surface area contributed by atoms with Crippen LogP contribution in [0.3, 0.4) is 0 Å². The monoisotopic (exact) mass is 1630 g/mol. The number of hydrogen-bond acceptors (Lipinski definition) is 19. The van der Waals surface area contributed by atoms with Crippen molar-refractivity contribution >= 4 is 84.5 Å². The summed E-state index contributed by atoms with van der Waals surface area (Å²) in [5, 5.41) is 32.0. The number of halogens is 1. The second-order valence-corrected chi connectivity index (χ2v) is 43.5. The van der Waals surface area contributed by atoms with Gasteiger partial charge in [0.05, 0.1) is 38.3 Å². The number of allylic oxidation sites excluding steroid dienone is 2. The Labute approximate surface area is 672 Å². The van der Waals surface area contributed by atoms with E-state index >= 15 is 0 Å². The minimum absolute atomic E-state index is 0.0915. The van der Waals surface area contributed by atoms with E-state index in [-0.39, 0.29) is 17.0 Å². The van der Waals surface area contributed by atoms with Gasteiger partial charge in [-0.15, -0.1) is 0 Å². The second kappa shape index (κ2) is 37.4. The van der Waals surface area contributed by atoms with E-state index < -0.39 is 23.3 Å². The third-order valence-corrected chi connectivity index (χ3v) is 25.3. The van der Waals surface area contributed by atoms with Gasteiger partial charge in [0.15, 0.2) is 11.3 Å². The van der Waals surface area contributed by atoms with Crippen LogP contribution in [0.4, 0.5) is 17.1 Å². The van der Waals surface area contributed by atoms with Crippen molar-refractivity contribution in [1.29, 1.82) is 0 Å². The molecule has 0 amide bonds. The molecule has 2 N–H and O–H groups in total. The molecule has 8 aromatic heterocycles. The quantitative estimate of drug-likeness (QED) is 0.0473. The van der Waals surface area contributed by atoms with Crippen LogP contribution in [0.5, 0.6) is 17.6 Å². The van der Waals surface area contributed by atoms with Crippen LogP contribution in [-0.2, 0) is 29.4 Å². The van der Waals surface area contributed by atoms with Crippen LogP contribution in [0.2, 0.25) is 51.4 Å². The van der Waals surface area contributed by atoms with Gasteiger partial charge in [-0.1, -0.05) is 142 Å². The van der Waals surface area contributed by atoms with E-state index in [0.29, 0.717) is 65.2 Å². The molecule has 4 aliphatic rings. The molecule has 3 aromatic carbocycles. The van der Waals surface area contributed by atoms with Crippen LogP contribution in [0, 0.1) is 13.8 Å². The van der Waals surface area contributed by atoms with Crippen LogP contribution in [0.15, 0.2) is 166 Å². The first-order valence-corrected chi connectivity index (χ1v) is 47.5. The van der Waals surface area contributed by atoms with Gasteiger partial charge >= 0.3 is 7.12 Å². The molecular weight excluding hydrogens is 1520 g/mol. The molecule has 28 heteroatoms. The molecular formula is C85H106BBrN14O10Si2. The summed E-state index contributed by atoms with van der Waals surface area (Å²) in [6.07, 6.45) is 16.0. The molecule has 0 unspecified atom stereocenters. The Morgan fingerprint density at radius 3 is 1.26 bits per heavy atom. The van der Waals surface area contributed by atoms with Crippen molar-refractivity contribution in [1.82, 2.24) is 53.1 Å². The van der Waals surface area contributed by atoms with Gasteiger partial charge in [0.2, 0.25) is 17.6 Å². The van der Waals surface area contributed by atoms with Crippen LogP contribution in [-0.4, -0.2) is 166 Å². The lowest BCUT2D eigenvalue weighted by Crippen LogP contribution is -2.31. The molecule has 11 aromatic rings. The van der Waals surface area contributed by atoms with Gasteiger partial charge in [-0.3, -0.25) is 14.4 Å². The summed E-state index contributed by atoms with van der Waals surface area (Å²) >= 11 is 3.52. The number of pyridine rings is 3. The van der Waals surface area contributed by atoms with Gasteiger partial charge in [0, 0.05) is 156 Å². The summed E-state index contributed by atoms with van der Waals surface area (Å²) in [4.78, 5) is 60.7. The van der Waals surface area contributed by atoms with Gasteiger partial charge in [0.1, 0.15) is 46.4 Å². The maximum Gasteiger partial charge on any atom is 0.490 e. The smallest absolute Gasteiger partial charge is 0.481 e. The summed E-state index contributed by atoms with van der Waals surface area (Å²) in [6.45, 7) is 28.1. The third-order valence-electron chi connectivity index (χ3n) is 21.0. The number of benzene rings is 3. The number of nitrogens with zero attached hydrogens (tertiary/aromatic N) is 14. The number of anilines is 3. The highest BCUT2D eigenvalue weighted by atomic mass is 79.9. The SMILES string of the molecule is COc1ccc(-c2c(C)n(COCC[Si](C)(C)C)c3c(N4CCCCC4)c(-c4ccccc4)nn3c2=O)cn1.COc1ccc(B(O)O)cn1.COc1ccc(C2=C(C)Cc3c(N4CCCCC4)c(-c4ccccc4)nn3C2=O)cn1.Cc1c(Br)c(=O)n2nc(-c3ccccc3)c(N3CCCCC3)c2n1COCC[Si](C)(C)C. The van der Waals surface area contributed by atoms with Crippen molar-refractivity contribution in [2.45, 2.75) is 150 Å². The number of rotatable bonds is 22. The third kappa shape index (κ3) is 19.4. The Kier molecular flexibility index (Phi) is 27.4. The first kappa shape index (κ1) is 82.6. The molecule has 0 bridgehead atoms. The molecule has 24 nitrogen and oxygen atoms in total. The van der Waals surface area contributed by atoms with Gasteiger partial charge in [-0.25, -0.2) is 15.0 Å². The largest absolute Gasteiger partial charge is 0.490 e. The lowest BCUT2D eigenvalue weighted by Gasteiger charge is -2.30. The summed E-state index contributed by atoms with van der Waals surface area (Å²) in [7, 11) is 0.771. The normalized spacial score (nSPS) is 14.6. The zero-order valence-electron chi connectivity index (χ0n) is 67.3. The molecule has 15 rings (SSSR count). The zero-order chi connectivity index (χ0) is 80.1. The predicted molar refractivity (Wildman–Crippen MR) is 459 cm³/mol. The Morgan fingerprint density at radius 1 is 0.460 bits per heavy atom. The molecule has 0 aliphatic carbocycles. The number of methoxy groups -OCH3 is 3. The van der Waals surface area contributed by atoms with Crippen molar-refractivity contribution < 1.29 is 38.5 Å². The molecule has 0 saturated carbocycles. The molecule has 0 atom stereocenters. The maximum absolute atomic E-state index is 14.2. The Bertz CT molecular complexity index is 5200. The number of ether oxygens (including phenoxy) is 5. The highest BCUT2D eigenvalue weighted by Gasteiger charge is 2.35. The summed E-state index contributed by atoms with van der Waals surface area (Å²) in [5.41, 5.74) is 17.0. The van der Waals surface area contributed by atoms with Gasteiger partial charge in [-0.2, -0.15) is 29.0 Å². The second-order valence-electron chi connectivity index (χ2n) is 31.5. The zero-order valence-corrected chi connectivity index (χ0v) is 70.9. The number of fused-ring (bicyclic) bond motifs is 3. The minimum Gasteiger partial charge on any atom is -0.481 e. The number of hydrogen-bond donors (Lipinski definition) is 2. The molecule has 4 aliphatic heterocycles. The summed E-state index contributed by atoms with van der Waals surface area (Å²) in [5.74, 6) is 1.40. The molecule has 3 fully saturated rings. The fourth-order valence-electron chi connectivity index (χ4n) is 14.7. The van der Waals surface area contributed by atoms with E-state index in [0.717, 1.165) is 180 Å². The van der Waals surface area contributed by atoms with E-state index in [1.54, 1.807) is 58.5 Å². The van der Waals surface area contributed by atoms with Crippen molar-refractivity contribution in [3.8, 4) is 62.5 Å². The fourth-order valence-corrected chi connectivity index (χ4v) is 16.6. The number of carbonyl (C=O) groups excluding carboxylic acids is 1. The average molecular weight is 1630 g/mol. The van der Waals surface area contributed by atoms with Crippen molar-refractivity contribution in [3.05, 3.63) is 199 Å². The van der Waals surface area contributed by atoms with Gasteiger partial charge in [0.25, 0.3) is 17.0 Å².